The summed E-state index contributed by atoms with van der Waals surface area (Å²) in [5.74, 6) is 0. The number of alkyl halides is 1. The van der Waals surface area contributed by atoms with Gasteiger partial charge in [-0.1, -0.05) is 27.5 Å². The summed E-state index contributed by atoms with van der Waals surface area (Å²) in [6, 6.07) is 0. The van der Waals surface area contributed by atoms with E-state index in [1.54, 1.807) is 6.20 Å². The lowest BCUT2D eigenvalue weighted by molar-refractivity contribution is 1.09. The van der Waals surface area contributed by atoms with Crippen LogP contribution in [-0.4, -0.2) is 19.1 Å². The average molecular weight is 330 g/mol. The van der Waals surface area contributed by atoms with Crippen LogP contribution < -0.4 is 4.90 Å². The Morgan fingerprint density at radius 3 is 2.46 bits per heavy atom. The van der Waals surface area contributed by atoms with Crippen LogP contribution in [0.5, 0.6) is 0 Å². The van der Waals surface area contributed by atoms with E-state index in [1.807, 2.05) is 25.2 Å². The maximum atomic E-state index is 5.98. The van der Waals surface area contributed by atoms with E-state index in [2.05, 4.69) is 20.9 Å². The molecule has 0 spiro atoms. The third kappa shape index (κ3) is 3.11. The molecule has 1 aromatic heterocycles. The monoisotopic (exact) mass is 328 g/mol. The van der Waals surface area contributed by atoms with E-state index in [0.29, 0.717) is 5.02 Å². The van der Waals surface area contributed by atoms with Gasteiger partial charge in [0.05, 0.1) is 10.7 Å². The highest BCUT2D eigenvalue weighted by Gasteiger charge is 2.07. The topological polar surface area (TPSA) is 16.1 Å². The molecule has 5 heteroatoms. The largest absolute Gasteiger partial charge is 0.376 e. The minimum atomic E-state index is 0. The van der Waals surface area contributed by atoms with Gasteiger partial charge >= 0.3 is 0 Å². The van der Waals surface area contributed by atoms with Gasteiger partial charge in [-0.05, 0) is 0 Å². The third-order valence-electron chi connectivity index (χ3n) is 1.54. The molecule has 0 aromatic carbocycles. The Labute approximate surface area is 102 Å². The summed E-state index contributed by atoms with van der Waals surface area (Å²) in [6.45, 7) is 0. The Balaban J connectivity index is 0.00000144. The van der Waals surface area contributed by atoms with Crippen molar-refractivity contribution in [3.05, 3.63) is 23.0 Å². The zero-order valence-corrected chi connectivity index (χ0v) is 11.5. The predicted octanol–water partition coefficient (Wildman–Crippen LogP) is 3.27. The molecule has 0 saturated carbocycles. The lowest BCUT2D eigenvalue weighted by Gasteiger charge is -2.17. The van der Waals surface area contributed by atoms with Gasteiger partial charge in [-0.15, -0.1) is 17.0 Å². The van der Waals surface area contributed by atoms with Crippen molar-refractivity contribution in [3.63, 3.8) is 0 Å². The van der Waals surface area contributed by atoms with Gasteiger partial charge in [-0.3, -0.25) is 4.98 Å². The number of hydrogen-bond acceptors (Lipinski definition) is 2. The fourth-order valence-corrected chi connectivity index (χ4v) is 1.82. The maximum absolute atomic E-state index is 5.98. The van der Waals surface area contributed by atoms with Crippen molar-refractivity contribution in [1.29, 1.82) is 0 Å². The Morgan fingerprint density at radius 2 is 2.08 bits per heavy atom. The summed E-state index contributed by atoms with van der Waals surface area (Å²) in [6.07, 6.45) is 3.47. The van der Waals surface area contributed by atoms with Crippen LogP contribution >= 0.6 is 44.5 Å². The van der Waals surface area contributed by atoms with E-state index in [-0.39, 0.29) is 17.0 Å². The molecule has 0 aliphatic carbocycles. The number of aromatic nitrogens is 1. The van der Waals surface area contributed by atoms with Crippen molar-refractivity contribution >= 4 is 50.2 Å². The molecule has 13 heavy (non-hydrogen) atoms. The van der Waals surface area contributed by atoms with E-state index in [1.165, 1.54) is 0 Å². The summed E-state index contributed by atoms with van der Waals surface area (Å²) in [4.78, 5) is 6.00. The molecule has 0 amide bonds. The van der Waals surface area contributed by atoms with Gasteiger partial charge < -0.3 is 4.90 Å². The number of halogens is 3. The second-order valence-electron chi connectivity index (χ2n) is 2.66. The van der Waals surface area contributed by atoms with Crippen molar-refractivity contribution in [2.45, 2.75) is 5.33 Å². The van der Waals surface area contributed by atoms with Gasteiger partial charge in [-0.25, -0.2) is 0 Å². The molecular formula is C8H11Br2ClN2. The highest BCUT2D eigenvalue weighted by molar-refractivity contribution is 9.08. The Kier molecular flexibility index (Phi) is 5.92. The summed E-state index contributed by atoms with van der Waals surface area (Å²) < 4.78 is 0. The SMILES string of the molecule is Br.CN(C)c1c(Cl)cncc1CBr. The standard InChI is InChI=1S/C8H10BrClN2.BrH/c1-12(2)8-6(3-9)4-11-5-7(8)10;/h4-5H,3H2,1-2H3;1H. The van der Waals surface area contributed by atoms with Gasteiger partial charge in [0.2, 0.25) is 0 Å². The molecule has 0 radical (unpaired) electrons. The van der Waals surface area contributed by atoms with Crippen LogP contribution in [0.25, 0.3) is 0 Å². The fraction of sp³-hybridized carbons (Fsp3) is 0.375. The van der Waals surface area contributed by atoms with E-state index in [4.69, 9.17) is 11.6 Å². The smallest absolute Gasteiger partial charge is 0.0825 e. The molecule has 1 heterocycles. The van der Waals surface area contributed by atoms with Gasteiger partial charge in [0.1, 0.15) is 0 Å². The van der Waals surface area contributed by atoms with Gasteiger partial charge in [-0.2, -0.15) is 0 Å². The highest BCUT2D eigenvalue weighted by atomic mass is 79.9. The summed E-state index contributed by atoms with van der Waals surface area (Å²) in [5, 5.41) is 1.46. The van der Waals surface area contributed by atoms with E-state index >= 15 is 0 Å². The first-order valence-electron chi connectivity index (χ1n) is 3.52. The van der Waals surface area contributed by atoms with Crippen LogP contribution in [0, 0.1) is 0 Å². The van der Waals surface area contributed by atoms with Crippen molar-refractivity contribution in [3.8, 4) is 0 Å². The highest BCUT2D eigenvalue weighted by Crippen LogP contribution is 2.28. The van der Waals surface area contributed by atoms with E-state index < -0.39 is 0 Å². The Morgan fingerprint density at radius 1 is 1.46 bits per heavy atom. The molecule has 0 aliphatic heterocycles. The van der Waals surface area contributed by atoms with E-state index in [9.17, 15) is 0 Å². The molecular weight excluding hydrogens is 319 g/mol. The third-order valence-corrected chi connectivity index (χ3v) is 2.42. The molecule has 0 fully saturated rings. The molecule has 2 nitrogen and oxygen atoms in total. The van der Waals surface area contributed by atoms with Gasteiger partial charge in [0.25, 0.3) is 0 Å². The molecule has 0 atom stereocenters. The first-order chi connectivity index (χ1) is 5.66. The number of rotatable bonds is 2. The molecule has 0 aliphatic rings. The molecule has 1 rings (SSSR count). The van der Waals surface area contributed by atoms with Crippen LogP contribution in [0.15, 0.2) is 12.4 Å². The minimum Gasteiger partial charge on any atom is -0.376 e. The van der Waals surface area contributed by atoms with Crippen LogP contribution in [-0.2, 0) is 5.33 Å². The second-order valence-corrected chi connectivity index (χ2v) is 3.63. The quantitative estimate of drug-likeness (QED) is 0.774. The molecule has 74 valence electrons. The fourth-order valence-electron chi connectivity index (χ4n) is 1.07. The molecule has 1 aromatic rings. The van der Waals surface area contributed by atoms with Crippen molar-refractivity contribution < 1.29 is 0 Å². The van der Waals surface area contributed by atoms with Crippen LogP contribution in [0.3, 0.4) is 0 Å². The van der Waals surface area contributed by atoms with Crippen molar-refractivity contribution in [1.82, 2.24) is 4.98 Å². The predicted molar refractivity (Wildman–Crippen MR) is 66.5 cm³/mol. The first-order valence-corrected chi connectivity index (χ1v) is 5.02. The first kappa shape index (κ1) is 13.2. The number of nitrogens with zero attached hydrogens (tertiary/aromatic N) is 2. The number of hydrogen-bond donors (Lipinski definition) is 0. The summed E-state index contributed by atoms with van der Waals surface area (Å²) in [5.41, 5.74) is 2.14. The second kappa shape index (κ2) is 5.83. The van der Waals surface area contributed by atoms with Crippen molar-refractivity contribution in [2.24, 2.45) is 0 Å². The Bertz CT molecular complexity index is 279. The summed E-state index contributed by atoms with van der Waals surface area (Å²) >= 11 is 9.36. The zero-order chi connectivity index (χ0) is 9.14. The molecule has 0 saturated heterocycles. The normalized spacial score (nSPS) is 9.23. The van der Waals surface area contributed by atoms with Crippen LogP contribution in [0.4, 0.5) is 5.69 Å². The molecule has 0 N–H and O–H groups in total. The van der Waals surface area contributed by atoms with Crippen LogP contribution in [0.2, 0.25) is 5.02 Å². The van der Waals surface area contributed by atoms with Crippen molar-refractivity contribution in [2.75, 3.05) is 19.0 Å². The Hall–Kier alpha value is 0.200. The lowest BCUT2D eigenvalue weighted by Crippen LogP contribution is -2.11. The maximum Gasteiger partial charge on any atom is 0.0825 e. The average Bonchev–Trinajstić information content (AvgIpc) is 2.03. The number of pyridine rings is 1. The van der Waals surface area contributed by atoms with E-state index in [0.717, 1.165) is 16.6 Å². The molecule has 0 bridgehead atoms. The van der Waals surface area contributed by atoms with Crippen LogP contribution in [0.1, 0.15) is 5.56 Å². The lowest BCUT2D eigenvalue weighted by atomic mass is 10.2. The minimum absolute atomic E-state index is 0. The summed E-state index contributed by atoms with van der Waals surface area (Å²) in [7, 11) is 3.93. The van der Waals surface area contributed by atoms with Gasteiger partial charge in [0, 0.05) is 37.4 Å². The number of anilines is 1. The molecule has 0 unspecified atom stereocenters. The zero-order valence-electron chi connectivity index (χ0n) is 7.42. The van der Waals surface area contributed by atoms with Gasteiger partial charge in [0.15, 0.2) is 0 Å².